The van der Waals surface area contributed by atoms with Crippen LogP contribution in [0, 0.1) is 13.5 Å². The Morgan fingerprint density at radius 2 is 2.00 bits per heavy atom. The first-order valence-electron chi connectivity index (χ1n) is 11.5. The number of nitrogens with one attached hydrogen (secondary N) is 2. The third-order valence-electron chi connectivity index (χ3n) is 6.43. The Hall–Kier alpha value is -5.11. The Morgan fingerprint density at radius 3 is 2.78 bits per heavy atom. The summed E-state index contributed by atoms with van der Waals surface area (Å²) in [4.78, 5) is 49.2. The van der Waals surface area contributed by atoms with Crippen LogP contribution in [0.2, 0.25) is 0 Å². The van der Waals surface area contributed by atoms with Gasteiger partial charge in [-0.05, 0) is 60.2 Å². The minimum atomic E-state index is -0.979. The van der Waals surface area contributed by atoms with Crippen molar-refractivity contribution in [3.8, 4) is 0 Å². The fourth-order valence-electron chi connectivity index (χ4n) is 4.59. The van der Waals surface area contributed by atoms with Crippen LogP contribution in [0.1, 0.15) is 66.1 Å². The number of carboxylic acids is 1. The second kappa shape index (κ2) is 9.50. The molecule has 0 unspecified atom stereocenters. The lowest BCUT2D eigenvalue weighted by molar-refractivity contribution is 0.0695. The van der Waals surface area contributed by atoms with E-state index in [4.69, 9.17) is 6.57 Å². The van der Waals surface area contributed by atoms with Gasteiger partial charge >= 0.3 is 5.97 Å². The first-order chi connectivity index (χ1) is 17.9. The van der Waals surface area contributed by atoms with Crippen molar-refractivity contribution in [3.63, 3.8) is 0 Å². The van der Waals surface area contributed by atoms with E-state index in [2.05, 4.69) is 30.5 Å². The zero-order valence-corrected chi connectivity index (χ0v) is 19.7. The van der Waals surface area contributed by atoms with Gasteiger partial charge in [0.05, 0.1) is 17.8 Å². The number of fused-ring (bicyclic) bond motifs is 2. The van der Waals surface area contributed by atoms with Crippen molar-refractivity contribution in [2.24, 2.45) is 0 Å². The number of nitrogens with zero attached hydrogens (tertiary/aromatic N) is 5. The zero-order valence-electron chi connectivity index (χ0n) is 19.7. The van der Waals surface area contributed by atoms with Gasteiger partial charge in [-0.3, -0.25) is 9.59 Å². The lowest BCUT2D eigenvalue weighted by Gasteiger charge is -2.16. The molecule has 0 saturated carbocycles. The van der Waals surface area contributed by atoms with Crippen LogP contribution in [-0.4, -0.2) is 42.5 Å². The maximum absolute atomic E-state index is 13.3. The van der Waals surface area contributed by atoms with E-state index in [1.807, 2.05) is 0 Å². The van der Waals surface area contributed by atoms with Crippen LogP contribution < -0.4 is 10.6 Å². The van der Waals surface area contributed by atoms with Crippen LogP contribution in [0.15, 0.2) is 48.8 Å². The van der Waals surface area contributed by atoms with Crippen LogP contribution in [0.5, 0.6) is 0 Å². The molecule has 3 aromatic heterocycles. The fourth-order valence-corrected chi connectivity index (χ4v) is 4.59. The number of benzene rings is 1. The number of rotatable bonds is 6. The van der Waals surface area contributed by atoms with Gasteiger partial charge in [0.25, 0.3) is 17.6 Å². The third kappa shape index (κ3) is 4.48. The monoisotopic (exact) mass is 495 g/mol. The van der Waals surface area contributed by atoms with E-state index in [1.165, 1.54) is 23.0 Å². The maximum Gasteiger partial charge on any atom is 0.335 e. The highest BCUT2D eigenvalue weighted by molar-refractivity contribution is 5.98. The average molecular weight is 495 g/mol. The second-order valence-corrected chi connectivity index (χ2v) is 8.62. The summed E-state index contributed by atoms with van der Waals surface area (Å²) in [6.07, 6.45) is 4.27. The molecular formula is C26H21N7O4. The number of pyridine rings is 1. The Morgan fingerprint density at radius 1 is 1.16 bits per heavy atom. The summed E-state index contributed by atoms with van der Waals surface area (Å²) >= 11 is 0. The van der Waals surface area contributed by atoms with Crippen LogP contribution in [-0.2, 0) is 13.0 Å². The van der Waals surface area contributed by atoms with Crippen LogP contribution in [0.3, 0.4) is 0 Å². The summed E-state index contributed by atoms with van der Waals surface area (Å²) in [7, 11) is 0. The molecule has 1 atom stereocenters. The van der Waals surface area contributed by atoms with E-state index in [0.29, 0.717) is 29.6 Å². The van der Waals surface area contributed by atoms with Crippen LogP contribution in [0.4, 0.5) is 5.82 Å². The van der Waals surface area contributed by atoms with Crippen molar-refractivity contribution in [2.45, 2.75) is 32.4 Å². The summed E-state index contributed by atoms with van der Waals surface area (Å²) in [6.45, 7) is 9.01. The van der Waals surface area contributed by atoms with Gasteiger partial charge in [-0.2, -0.15) is 5.10 Å². The number of carbonyl (C=O) groups excluding carboxylic acids is 2. The lowest BCUT2D eigenvalue weighted by atomic mass is 9.98. The summed E-state index contributed by atoms with van der Waals surface area (Å²) in [5, 5.41) is 19.3. The first-order valence-corrected chi connectivity index (χ1v) is 11.5. The molecular weight excluding hydrogens is 474 g/mol. The SMILES string of the molecule is [C-]#[N+]c1cc(CNC(=O)c2cc(C(=O)N[C@H]3CCc4c3ccc(C(=O)O)c4C)n3nccc3n2)ccn1. The number of carboxylic acid groups (broad SMARTS) is 1. The zero-order chi connectivity index (χ0) is 26.1. The molecule has 184 valence electrons. The highest BCUT2D eigenvalue weighted by Crippen LogP contribution is 2.35. The molecule has 0 spiro atoms. The molecule has 11 nitrogen and oxygen atoms in total. The molecule has 0 fully saturated rings. The lowest BCUT2D eigenvalue weighted by Crippen LogP contribution is -2.30. The van der Waals surface area contributed by atoms with Gasteiger partial charge in [-0.15, -0.1) is 4.98 Å². The molecule has 0 radical (unpaired) electrons. The number of carbonyl (C=O) groups is 3. The Kier molecular flexibility index (Phi) is 6.07. The minimum absolute atomic E-state index is 0.0476. The topological polar surface area (TPSA) is 143 Å². The smallest absolute Gasteiger partial charge is 0.335 e. The first kappa shape index (κ1) is 23.6. The highest BCUT2D eigenvalue weighted by Gasteiger charge is 2.28. The maximum atomic E-state index is 13.3. The predicted octanol–water partition coefficient (Wildman–Crippen LogP) is 3.03. The fraction of sp³-hybridized carbons (Fsp3) is 0.192. The molecule has 2 amide bonds. The summed E-state index contributed by atoms with van der Waals surface area (Å²) < 4.78 is 1.37. The van der Waals surface area contributed by atoms with Gasteiger partial charge < -0.3 is 20.6 Å². The summed E-state index contributed by atoms with van der Waals surface area (Å²) in [5.74, 6) is -1.67. The normalized spacial score (nSPS) is 14.1. The van der Waals surface area contributed by atoms with Crippen molar-refractivity contribution in [3.05, 3.63) is 99.4 Å². The van der Waals surface area contributed by atoms with Crippen molar-refractivity contribution < 1.29 is 19.5 Å². The number of hydrogen-bond donors (Lipinski definition) is 3. The van der Waals surface area contributed by atoms with Crippen LogP contribution >= 0.6 is 0 Å². The quantitative estimate of drug-likeness (QED) is 0.349. The standard InChI is InChI=1S/C26H21N7O4/c1-14-16-5-6-19(18(16)4-3-17(14)26(36)37)32-25(35)21-12-20(31-23-8-10-30-33(21)23)24(34)29-13-15-7-9-28-22(11-15)27-2/h3-4,7-12,19H,5-6,13H2,1H3,(H,29,34)(H,32,35)(H,36,37)/t19-/m0/s1. The molecule has 0 bridgehead atoms. The molecule has 1 aromatic carbocycles. The average Bonchev–Trinajstić information content (AvgIpc) is 3.54. The highest BCUT2D eigenvalue weighted by atomic mass is 16.4. The molecule has 1 aliphatic rings. The predicted molar refractivity (Wildman–Crippen MR) is 131 cm³/mol. The molecule has 4 aromatic rings. The van der Waals surface area contributed by atoms with Gasteiger partial charge in [0.1, 0.15) is 17.6 Å². The van der Waals surface area contributed by atoms with Gasteiger partial charge in [0.15, 0.2) is 5.65 Å². The number of amides is 2. The van der Waals surface area contributed by atoms with Gasteiger partial charge in [0, 0.05) is 18.7 Å². The molecule has 37 heavy (non-hydrogen) atoms. The van der Waals surface area contributed by atoms with E-state index < -0.39 is 17.8 Å². The van der Waals surface area contributed by atoms with Crippen molar-refractivity contribution in [2.75, 3.05) is 0 Å². The molecule has 0 aliphatic heterocycles. The van der Waals surface area contributed by atoms with E-state index in [1.54, 1.807) is 37.3 Å². The van der Waals surface area contributed by atoms with E-state index in [0.717, 1.165) is 11.1 Å². The Balaban J connectivity index is 1.38. The van der Waals surface area contributed by atoms with E-state index in [9.17, 15) is 19.5 Å². The number of aromatic carboxylic acids is 1. The molecule has 5 rings (SSSR count). The van der Waals surface area contributed by atoms with E-state index in [-0.39, 0.29) is 35.4 Å². The van der Waals surface area contributed by atoms with Gasteiger partial charge in [-0.25, -0.2) is 14.3 Å². The van der Waals surface area contributed by atoms with Crippen molar-refractivity contribution in [1.29, 1.82) is 0 Å². The van der Waals surface area contributed by atoms with Gasteiger partial charge in [-0.1, -0.05) is 12.6 Å². The molecule has 11 heteroatoms. The van der Waals surface area contributed by atoms with Crippen molar-refractivity contribution >= 4 is 29.2 Å². The van der Waals surface area contributed by atoms with Crippen molar-refractivity contribution in [1.82, 2.24) is 30.2 Å². The third-order valence-corrected chi connectivity index (χ3v) is 6.43. The van der Waals surface area contributed by atoms with Gasteiger partial charge in [0.2, 0.25) is 0 Å². The molecule has 1 aliphatic carbocycles. The number of hydrogen-bond acceptors (Lipinski definition) is 6. The number of aromatic nitrogens is 4. The summed E-state index contributed by atoms with van der Waals surface area (Å²) in [6, 6.07) is 9.27. The minimum Gasteiger partial charge on any atom is -0.478 e. The Bertz CT molecular complexity index is 1620. The summed E-state index contributed by atoms with van der Waals surface area (Å²) in [5.41, 5.74) is 4.02. The van der Waals surface area contributed by atoms with Crippen LogP contribution in [0.25, 0.3) is 10.5 Å². The molecule has 3 N–H and O–H groups in total. The molecule has 0 saturated heterocycles. The molecule has 3 heterocycles. The second-order valence-electron chi connectivity index (χ2n) is 8.62. The Labute approximate surface area is 211 Å². The largest absolute Gasteiger partial charge is 0.478 e. The van der Waals surface area contributed by atoms with E-state index >= 15 is 0 Å².